The molecular weight excluding hydrogens is 310 g/mol. The smallest absolute Gasteiger partial charge is 0.199 e. The maximum absolute atomic E-state index is 12.2. The van der Waals surface area contributed by atoms with Crippen LogP contribution in [-0.4, -0.2) is 23.6 Å². The Bertz CT molecular complexity index is 616. The first kappa shape index (κ1) is 19.4. The first-order chi connectivity index (χ1) is 12.3. The normalized spacial score (nSPS) is 13.9. The van der Waals surface area contributed by atoms with Crippen molar-refractivity contribution in [3.05, 3.63) is 41.0 Å². The molecule has 0 heterocycles. The van der Waals surface area contributed by atoms with Crippen LogP contribution in [0.3, 0.4) is 0 Å². The van der Waals surface area contributed by atoms with Gasteiger partial charge in [-0.15, -0.1) is 0 Å². The third-order valence-electron chi connectivity index (χ3n) is 4.79. The number of ketones is 1. The van der Waals surface area contributed by atoms with Crippen molar-refractivity contribution in [2.45, 2.75) is 71.1 Å². The van der Waals surface area contributed by atoms with Crippen LogP contribution in [0.4, 0.5) is 0 Å². The second-order valence-corrected chi connectivity index (χ2v) is 6.85. The molecule has 2 rings (SSSR count). The summed E-state index contributed by atoms with van der Waals surface area (Å²) in [5.74, 6) is -0.0626. The van der Waals surface area contributed by atoms with E-state index in [4.69, 9.17) is 0 Å². The van der Waals surface area contributed by atoms with Crippen LogP contribution in [0.1, 0.15) is 87.1 Å². The number of nitrogens with zero attached hydrogens (tertiary/aromatic N) is 1. The molecule has 1 aromatic rings. The Labute approximate surface area is 151 Å². The number of fused-ring (bicyclic) bond motifs is 1. The molecule has 0 bridgehead atoms. The van der Waals surface area contributed by atoms with Crippen molar-refractivity contribution in [2.75, 3.05) is 6.54 Å². The number of Topliss-reactive ketones (excluding diaryl/α,β-unsaturated/α-hetero) is 1. The molecule has 0 radical (unpaired) electrons. The third-order valence-corrected chi connectivity index (χ3v) is 4.79. The first-order valence-electron chi connectivity index (χ1n) is 9.83. The Morgan fingerprint density at radius 3 is 2.04 bits per heavy atom. The summed E-state index contributed by atoms with van der Waals surface area (Å²) in [6.45, 7) is 2.97. The van der Waals surface area contributed by atoms with Crippen molar-refractivity contribution >= 4 is 17.8 Å². The van der Waals surface area contributed by atoms with Gasteiger partial charge in [-0.2, -0.15) is 0 Å². The molecule has 0 atom stereocenters. The Balaban J connectivity index is 1.59. The molecule has 1 aromatic carbocycles. The van der Waals surface area contributed by atoms with Gasteiger partial charge in [-0.3, -0.25) is 9.79 Å². The van der Waals surface area contributed by atoms with Crippen molar-refractivity contribution < 1.29 is 9.90 Å². The van der Waals surface area contributed by atoms with E-state index in [9.17, 15) is 9.90 Å². The molecule has 0 aliphatic heterocycles. The van der Waals surface area contributed by atoms with E-state index in [1.165, 1.54) is 57.8 Å². The van der Waals surface area contributed by atoms with Crippen LogP contribution in [0.25, 0.3) is 5.76 Å². The largest absolute Gasteiger partial charge is 0.506 e. The molecule has 136 valence electrons. The van der Waals surface area contributed by atoms with Gasteiger partial charge in [-0.1, -0.05) is 89.0 Å². The van der Waals surface area contributed by atoms with Gasteiger partial charge in [0.15, 0.2) is 5.78 Å². The lowest BCUT2D eigenvalue weighted by Crippen LogP contribution is -2.00. The van der Waals surface area contributed by atoms with Gasteiger partial charge in [0.1, 0.15) is 5.76 Å². The molecule has 1 N–H and O–H groups in total. The van der Waals surface area contributed by atoms with Gasteiger partial charge >= 0.3 is 0 Å². The number of allylic oxidation sites excluding steroid dienone is 1. The monoisotopic (exact) mass is 341 g/mol. The van der Waals surface area contributed by atoms with E-state index < -0.39 is 0 Å². The fourth-order valence-electron chi connectivity index (χ4n) is 3.25. The fourth-order valence-corrected chi connectivity index (χ4v) is 3.25. The quantitative estimate of drug-likeness (QED) is 0.366. The highest BCUT2D eigenvalue weighted by atomic mass is 16.3. The van der Waals surface area contributed by atoms with Crippen LogP contribution < -0.4 is 0 Å². The number of carbonyl (C=O) groups is 1. The average Bonchev–Trinajstić information content (AvgIpc) is 2.87. The molecule has 0 unspecified atom stereocenters. The van der Waals surface area contributed by atoms with Crippen LogP contribution >= 0.6 is 0 Å². The maximum Gasteiger partial charge on any atom is 0.199 e. The van der Waals surface area contributed by atoms with Crippen LogP contribution in [0, 0.1) is 0 Å². The summed E-state index contributed by atoms with van der Waals surface area (Å²) in [7, 11) is 0. The Hall–Kier alpha value is -1.90. The average molecular weight is 341 g/mol. The third kappa shape index (κ3) is 5.84. The highest BCUT2D eigenvalue weighted by Gasteiger charge is 2.27. The number of rotatable bonds is 12. The van der Waals surface area contributed by atoms with E-state index >= 15 is 0 Å². The van der Waals surface area contributed by atoms with Gasteiger partial charge < -0.3 is 5.11 Å². The Morgan fingerprint density at radius 2 is 1.44 bits per heavy atom. The minimum atomic E-state index is -0.125. The zero-order valence-corrected chi connectivity index (χ0v) is 15.5. The van der Waals surface area contributed by atoms with Gasteiger partial charge in [-0.05, 0) is 6.42 Å². The van der Waals surface area contributed by atoms with Gasteiger partial charge in [0.25, 0.3) is 0 Å². The molecule has 1 aliphatic rings. The molecule has 0 fully saturated rings. The van der Waals surface area contributed by atoms with Crippen molar-refractivity contribution in [2.24, 2.45) is 4.99 Å². The maximum atomic E-state index is 12.2. The Kier molecular flexibility index (Phi) is 8.44. The summed E-state index contributed by atoms with van der Waals surface area (Å²) >= 11 is 0. The van der Waals surface area contributed by atoms with Gasteiger partial charge in [-0.25, -0.2) is 0 Å². The Morgan fingerprint density at radius 1 is 0.880 bits per heavy atom. The van der Waals surface area contributed by atoms with Crippen LogP contribution in [0.2, 0.25) is 0 Å². The minimum absolute atomic E-state index is 0.0624. The highest BCUT2D eigenvalue weighted by molar-refractivity contribution is 6.30. The first-order valence-corrected chi connectivity index (χ1v) is 9.83. The van der Waals surface area contributed by atoms with Crippen LogP contribution in [0.15, 0.2) is 34.8 Å². The summed E-state index contributed by atoms with van der Waals surface area (Å²) in [6.07, 6.45) is 14.5. The van der Waals surface area contributed by atoms with Gasteiger partial charge in [0, 0.05) is 23.9 Å². The number of benzene rings is 1. The topological polar surface area (TPSA) is 49.7 Å². The molecule has 1 aliphatic carbocycles. The number of carbonyl (C=O) groups excluding carboxylic acids is 1. The zero-order chi connectivity index (χ0) is 17.9. The highest BCUT2D eigenvalue weighted by Crippen LogP contribution is 2.29. The second kappa shape index (κ2) is 10.9. The van der Waals surface area contributed by atoms with Crippen molar-refractivity contribution in [1.29, 1.82) is 0 Å². The predicted octanol–water partition coefficient (Wildman–Crippen LogP) is 6.14. The van der Waals surface area contributed by atoms with Crippen molar-refractivity contribution in [3.63, 3.8) is 0 Å². The molecule has 0 spiro atoms. The lowest BCUT2D eigenvalue weighted by atomic mass is 10.1. The summed E-state index contributed by atoms with van der Waals surface area (Å²) in [4.78, 5) is 16.6. The minimum Gasteiger partial charge on any atom is -0.506 e. The van der Waals surface area contributed by atoms with E-state index in [1.807, 2.05) is 12.1 Å². The standard InChI is InChI=1S/C22H31NO2/c1-2-3-4-5-6-7-8-9-10-13-16-23-17-20-21(24)18-14-11-12-15-19(18)22(20)25/h11-12,14-15,17,24H,2-10,13,16H2,1H3. The van der Waals surface area contributed by atoms with E-state index in [-0.39, 0.29) is 11.5 Å². The van der Waals surface area contributed by atoms with E-state index in [0.29, 0.717) is 16.7 Å². The molecule has 3 heteroatoms. The van der Waals surface area contributed by atoms with Gasteiger partial charge in [0.2, 0.25) is 0 Å². The van der Waals surface area contributed by atoms with Crippen LogP contribution in [-0.2, 0) is 0 Å². The van der Waals surface area contributed by atoms with Gasteiger partial charge in [0.05, 0.1) is 5.57 Å². The molecular formula is C22H31NO2. The number of aliphatic hydroxyl groups is 1. The number of unbranched alkanes of at least 4 members (excludes halogenated alkanes) is 9. The second-order valence-electron chi connectivity index (χ2n) is 6.85. The summed E-state index contributed by atoms with van der Waals surface area (Å²) in [5.41, 5.74) is 1.52. The SMILES string of the molecule is CCCCCCCCCCCCN=CC1=C(O)c2ccccc2C1=O. The van der Waals surface area contributed by atoms with E-state index in [2.05, 4.69) is 11.9 Å². The zero-order valence-electron chi connectivity index (χ0n) is 15.5. The molecule has 0 saturated heterocycles. The lowest BCUT2D eigenvalue weighted by molar-refractivity contribution is 0.104. The van der Waals surface area contributed by atoms with E-state index in [1.54, 1.807) is 18.3 Å². The lowest BCUT2D eigenvalue weighted by Gasteiger charge is -2.01. The number of hydrogen-bond donors (Lipinski definition) is 1. The summed E-state index contributed by atoms with van der Waals surface area (Å²) < 4.78 is 0. The fraction of sp³-hybridized carbons (Fsp3) is 0.545. The molecule has 25 heavy (non-hydrogen) atoms. The van der Waals surface area contributed by atoms with Crippen LogP contribution in [0.5, 0.6) is 0 Å². The van der Waals surface area contributed by atoms with Crippen molar-refractivity contribution in [1.82, 2.24) is 0 Å². The number of aliphatic imine (C=N–C) groups is 1. The van der Waals surface area contributed by atoms with Crippen molar-refractivity contribution in [3.8, 4) is 0 Å². The molecule has 0 amide bonds. The molecule has 3 nitrogen and oxygen atoms in total. The summed E-state index contributed by atoms with van der Waals surface area (Å²) in [6, 6.07) is 7.16. The number of hydrogen-bond acceptors (Lipinski definition) is 3. The molecule has 0 saturated carbocycles. The summed E-state index contributed by atoms with van der Waals surface area (Å²) in [5, 5.41) is 10.2. The predicted molar refractivity (Wildman–Crippen MR) is 106 cm³/mol. The number of aliphatic hydroxyl groups excluding tert-OH is 1. The molecule has 0 aromatic heterocycles. The van der Waals surface area contributed by atoms with E-state index in [0.717, 1.165) is 13.0 Å².